The van der Waals surface area contributed by atoms with Gasteiger partial charge in [0, 0.05) is 136 Å². The Hall–Kier alpha value is -8.40. The van der Waals surface area contributed by atoms with Crippen molar-refractivity contribution in [1.29, 1.82) is 0 Å². The first-order valence-corrected chi connectivity index (χ1v) is 49.7. The molecule has 13 aromatic rings. The summed E-state index contributed by atoms with van der Waals surface area (Å²) in [6.45, 7) is 5.94. The van der Waals surface area contributed by atoms with E-state index in [2.05, 4.69) is 57.5 Å². The predicted octanol–water partition coefficient (Wildman–Crippen LogP) is 28.2. The molecule has 6 heterocycles. The van der Waals surface area contributed by atoms with Gasteiger partial charge in [-0.15, -0.1) is 30.6 Å². The summed E-state index contributed by atoms with van der Waals surface area (Å²) in [7, 11) is 0. The van der Waals surface area contributed by atoms with Gasteiger partial charge in [-0.2, -0.15) is 0 Å². The van der Waals surface area contributed by atoms with Crippen LogP contribution in [0.4, 0.5) is 22.0 Å². The molecule has 0 bridgehead atoms. The maximum Gasteiger partial charge on any atom is 0.177 e. The monoisotopic (exact) mass is 2010 g/mol. The van der Waals surface area contributed by atoms with Gasteiger partial charge in [0.1, 0.15) is 64.0 Å². The van der Waals surface area contributed by atoms with Crippen molar-refractivity contribution < 1.29 is 50.7 Å². The molecule has 36 heteroatoms. The topological polar surface area (TPSA) is 257 Å². The lowest BCUT2D eigenvalue weighted by Crippen LogP contribution is -2.16. The largest absolute Gasteiger partial charge is 0.293 e. The number of benzene rings is 7. The normalized spacial score (nSPS) is 13.8. The molecule has 0 spiro atoms. The summed E-state index contributed by atoms with van der Waals surface area (Å²) in [5, 5.41) is 27.6. The Balaban J connectivity index is 0.000000141. The zero-order chi connectivity index (χ0) is 92.5. The average molecular weight is 2020 g/mol. The van der Waals surface area contributed by atoms with Gasteiger partial charge in [0.05, 0.1) is 28.5 Å². The Morgan fingerprint density at radius 3 is 0.831 bits per heavy atom. The average Bonchev–Trinajstić information content (AvgIpc) is 1.68. The number of ketones is 6. The Bertz CT molecular complexity index is 5950. The molecule has 4 saturated carbocycles. The Morgan fingerprint density at radius 2 is 0.531 bits per heavy atom. The van der Waals surface area contributed by atoms with Gasteiger partial charge in [-0.1, -0.05) is 234 Å². The van der Waals surface area contributed by atoms with Crippen LogP contribution in [0.5, 0.6) is 0 Å². The van der Waals surface area contributed by atoms with E-state index < -0.39 is 5.82 Å². The molecule has 6 aromatic heterocycles. The van der Waals surface area contributed by atoms with E-state index in [4.69, 9.17) is 81.2 Å². The molecule has 4 fully saturated rings. The molecule has 680 valence electrons. The van der Waals surface area contributed by atoms with Crippen molar-refractivity contribution in [3.05, 3.63) is 295 Å². The predicted molar refractivity (Wildman–Crippen MR) is 509 cm³/mol. The molecule has 0 amide bonds. The van der Waals surface area contributed by atoms with Crippen LogP contribution < -0.4 is 0 Å². The first kappa shape index (κ1) is 101. The molecule has 17 rings (SSSR count). The van der Waals surface area contributed by atoms with Crippen molar-refractivity contribution >= 4 is 185 Å². The highest BCUT2D eigenvalue weighted by atomic mass is 35.5. The van der Waals surface area contributed by atoms with Crippen molar-refractivity contribution in [3.63, 3.8) is 0 Å². The summed E-state index contributed by atoms with van der Waals surface area (Å²) < 4.78 is 92.2. The minimum absolute atomic E-state index is 0.0140. The molecule has 7 aromatic carbocycles. The van der Waals surface area contributed by atoms with Crippen LogP contribution in [-0.2, 0) is 43.9 Å². The fourth-order valence-corrected chi connectivity index (χ4v) is 21.2. The van der Waals surface area contributed by atoms with Gasteiger partial charge in [0.15, 0.2) is 34.7 Å². The molecule has 18 nitrogen and oxygen atoms in total. The fourth-order valence-electron chi connectivity index (χ4n) is 15.0. The molecule has 0 aliphatic heterocycles. The molecule has 0 unspecified atom stereocenters. The van der Waals surface area contributed by atoms with E-state index in [9.17, 15) is 50.7 Å². The highest BCUT2D eigenvalue weighted by Crippen LogP contribution is 2.44. The molecule has 0 atom stereocenters. The summed E-state index contributed by atoms with van der Waals surface area (Å²) >= 11 is 49.0. The number of rotatable bonds is 29. The highest BCUT2D eigenvalue weighted by molar-refractivity contribution is 7.09. The smallest absolute Gasteiger partial charge is 0.177 e. The van der Waals surface area contributed by atoms with Crippen molar-refractivity contribution in [2.24, 2.45) is 0 Å². The van der Waals surface area contributed by atoms with Crippen LogP contribution >= 0.6 is 150 Å². The van der Waals surface area contributed by atoms with E-state index >= 15 is 0 Å². The zero-order valence-electron chi connectivity index (χ0n) is 70.8. The lowest BCUT2D eigenvalue weighted by Gasteiger charge is -2.23. The minimum Gasteiger partial charge on any atom is -0.293 e. The summed E-state index contributed by atoms with van der Waals surface area (Å²) in [4.78, 5) is 78.1. The van der Waals surface area contributed by atoms with Crippen LogP contribution in [0.25, 0.3) is 11.3 Å². The third kappa shape index (κ3) is 27.4. The number of nitrogens with zero attached hydrogens (tertiary/aromatic N) is 12. The van der Waals surface area contributed by atoms with Crippen LogP contribution in [-0.4, -0.2) is 92.2 Å². The quantitative estimate of drug-likeness (QED) is 0.0312. The van der Waals surface area contributed by atoms with Gasteiger partial charge in [0.2, 0.25) is 0 Å². The molecule has 130 heavy (non-hydrogen) atoms. The lowest BCUT2D eigenvalue weighted by atomic mass is 9.82. The second-order valence-electron chi connectivity index (χ2n) is 32.4. The number of aromatic nitrogens is 12. The lowest BCUT2D eigenvalue weighted by molar-refractivity contribution is 0.0976. The summed E-state index contributed by atoms with van der Waals surface area (Å²) in [6, 6.07) is 37.5. The van der Waals surface area contributed by atoms with Gasteiger partial charge in [-0.05, 0) is 237 Å². The van der Waals surface area contributed by atoms with Gasteiger partial charge in [0.25, 0.3) is 0 Å². The molecule has 4 aliphatic carbocycles. The van der Waals surface area contributed by atoms with E-state index in [1.54, 1.807) is 78.9 Å². The minimum atomic E-state index is -0.393. The Labute approximate surface area is 809 Å². The molecular formula is C94H88Cl7F5N12O6S6. The number of hydrogen-bond acceptors (Lipinski definition) is 24. The third-order valence-corrected chi connectivity index (χ3v) is 29.6. The van der Waals surface area contributed by atoms with Crippen molar-refractivity contribution in [1.82, 2.24) is 57.5 Å². The molecule has 4 aliphatic rings. The first-order chi connectivity index (χ1) is 62.6. The van der Waals surface area contributed by atoms with E-state index in [0.717, 1.165) is 143 Å². The van der Waals surface area contributed by atoms with E-state index in [1.165, 1.54) is 80.4 Å². The maximum absolute atomic E-state index is 13.8. The molecule has 0 saturated heterocycles. The van der Waals surface area contributed by atoms with Crippen LogP contribution in [0.1, 0.15) is 293 Å². The molecule has 0 radical (unpaired) electrons. The maximum atomic E-state index is 13.8. The van der Waals surface area contributed by atoms with Gasteiger partial charge < -0.3 is 0 Å². The Kier molecular flexibility index (Phi) is 37.9. The number of carbonyl (C=O) groups is 6. The van der Waals surface area contributed by atoms with Gasteiger partial charge in [-0.3, -0.25) is 28.8 Å². The zero-order valence-corrected chi connectivity index (χ0v) is 81.0. The Morgan fingerprint density at radius 1 is 0.285 bits per heavy atom. The number of hydrogen-bond donors (Lipinski definition) is 0. The standard InChI is InChI=1S/C17H18ClFN2OS.C17H12ClFN2OS.C16H16ClFN2OS.C15H14ClFN2OS.C15H16ClFN2OS.C14H12Cl2N2OS/c2*18-13-7-4-8-14(19)12(13)9-10-15(22)17-16(20-21-23-17)11-5-2-1-3-6-11;17-12-6-3-7-13(18)11(12)8-9-14(21)16-15(19-20-22-16)10-4-1-2-5-10;16-11-5-2-6-12(17)10(11)7-8-13(20)15-14(18-19-21-15)9-3-1-4-9;1-15(2,3)14-13(21-19-18-14)12(20)8-7-9-10(16)5-4-6-11(9)17;15-10-2-1-3-11(16)9(10)6-7-12(19)14-13(8-4-5-8)17-18-20-14/h4,7-8,11H,1-3,5-6,9-10H2;1-8H,9-10H2;3,6-7,10H,1-2,4-5,8-9H2;2,5-6,9H,1,3-4,7-8H2;4-6H,7-8H2,1-3H3;1-3,8H,4-7H2. The fraction of sp³-hybridized carbons (Fsp3) is 0.362. The van der Waals surface area contributed by atoms with E-state index in [1.807, 2.05) is 51.1 Å². The third-order valence-electron chi connectivity index (χ3n) is 22.5. The SMILES string of the molecule is CC(C)(C)c1nnsc1C(=O)CCc1c(F)cccc1Cl.O=C(CCc1c(Cl)cccc1Cl)c1snnc1C1CC1.O=C(CCc1c(F)cccc1Cl)c1snnc1-c1ccccc1.O=C(CCc1c(F)cccc1Cl)c1snnc1C1CCC1.O=C(CCc1c(F)cccc1Cl)c1snnc1C1CCCC1.O=C(CCc1c(F)cccc1Cl)c1snnc1C1CCCCC1. The highest BCUT2D eigenvalue weighted by Gasteiger charge is 2.34. The second kappa shape index (κ2) is 49.0. The van der Waals surface area contributed by atoms with Gasteiger partial charge in [-0.25, -0.2) is 22.0 Å². The summed E-state index contributed by atoms with van der Waals surface area (Å²) in [5.41, 5.74) is 8.02. The molecular weight excluding hydrogens is 1930 g/mol. The second-order valence-corrected chi connectivity index (χ2v) is 39.8. The summed E-state index contributed by atoms with van der Waals surface area (Å²) in [6.07, 6.45) is 19.2. The van der Waals surface area contributed by atoms with Crippen molar-refractivity contribution in [2.75, 3.05) is 0 Å². The number of halogens is 12. The van der Waals surface area contributed by atoms with Crippen LogP contribution in [0.2, 0.25) is 35.2 Å². The van der Waals surface area contributed by atoms with Crippen molar-refractivity contribution in [3.8, 4) is 11.3 Å². The number of carbonyl (C=O) groups excluding carboxylic acids is 6. The van der Waals surface area contributed by atoms with Crippen LogP contribution in [0.3, 0.4) is 0 Å². The molecule has 0 N–H and O–H groups in total. The first-order valence-electron chi connectivity index (χ1n) is 42.4. The van der Waals surface area contributed by atoms with Gasteiger partial charge >= 0.3 is 0 Å². The van der Waals surface area contributed by atoms with Crippen LogP contribution in [0, 0.1) is 29.1 Å². The van der Waals surface area contributed by atoms with Crippen LogP contribution in [0.15, 0.2) is 140 Å². The number of Topliss-reactive ketones (excluding diaryl/α,β-unsaturated/α-hetero) is 6. The summed E-state index contributed by atoms with van der Waals surface area (Å²) in [5.74, 6) is -0.502. The van der Waals surface area contributed by atoms with Crippen molar-refractivity contribution in [2.45, 2.75) is 217 Å². The van der Waals surface area contributed by atoms with E-state index in [0.29, 0.717) is 159 Å². The van der Waals surface area contributed by atoms with E-state index in [-0.39, 0.29) is 108 Å².